The van der Waals surface area contributed by atoms with Crippen LogP contribution in [0.4, 0.5) is 5.69 Å². The van der Waals surface area contributed by atoms with Gasteiger partial charge in [0.25, 0.3) is 5.91 Å². The molecular formula is C20H19ClN4O2. The summed E-state index contributed by atoms with van der Waals surface area (Å²) in [7, 11) is 3.20. The summed E-state index contributed by atoms with van der Waals surface area (Å²) >= 11 is 6.21. The van der Waals surface area contributed by atoms with Crippen molar-refractivity contribution >= 4 is 29.4 Å². The average Bonchev–Trinajstić information content (AvgIpc) is 2.93. The number of hydrogen-bond donors (Lipinski definition) is 1. The lowest BCUT2D eigenvalue weighted by molar-refractivity contribution is 0.102. The molecule has 1 aromatic heterocycles. The van der Waals surface area contributed by atoms with Crippen LogP contribution < -0.4 is 5.32 Å². The van der Waals surface area contributed by atoms with Crippen LogP contribution in [0.3, 0.4) is 0 Å². The molecule has 0 aliphatic rings. The Morgan fingerprint density at radius 2 is 1.93 bits per heavy atom. The lowest BCUT2D eigenvalue weighted by atomic mass is 10.0. The van der Waals surface area contributed by atoms with Crippen LogP contribution in [-0.4, -0.2) is 29.0 Å². The molecule has 0 unspecified atom stereocenters. The zero-order valence-electron chi connectivity index (χ0n) is 15.2. The molecule has 138 valence electrons. The molecular weight excluding hydrogens is 364 g/mol. The predicted molar refractivity (Wildman–Crippen MR) is 107 cm³/mol. The van der Waals surface area contributed by atoms with E-state index < -0.39 is 0 Å². The fraction of sp³-hybridized carbons (Fsp3) is 0.150. The van der Waals surface area contributed by atoms with Crippen LogP contribution in [0.5, 0.6) is 0 Å². The minimum absolute atomic E-state index is 0.290. The van der Waals surface area contributed by atoms with E-state index in [-0.39, 0.29) is 5.91 Å². The molecule has 0 aliphatic carbocycles. The topological polar surface area (TPSA) is 68.5 Å². The molecule has 27 heavy (non-hydrogen) atoms. The molecule has 0 radical (unpaired) electrons. The minimum atomic E-state index is -0.290. The molecule has 1 heterocycles. The number of halogens is 1. The number of carbonyl (C=O) groups excluding carboxylic acids is 1. The highest BCUT2D eigenvalue weighted by Crippen LogP contribution is 2.29. The van der Waals surface area contributed by atoms with E-state index in [1.807, 2.05) is 48.5 Å². The van der Waals surface area contributed by atoms with Gasteiger partial charge in [-0.25, -0.2) is 0 Å². The van der Waals surface area contributed by atoms with E-state index in [0.717, 1.165) is 16.7 Å². The molecule has 0 aliphatic heterocycles. The molecule has 6 nitrogen and oxygen atoms in total. The van der Waals surface area contributed by atoms with Crippen molar-refractivity contribution in [1.82, 2.24) is 9.78 Å². The third-order valence-electron chi connectivity index (χ3n) is 4.08. The van der Waals surface area contributed by atoms with Crippen LogP contribution in [0.15, 0.2) is 53.7 Å². The number of carbonyl (C=O) groups is 1. The molecule has 2 aromatic carbocycles. The zero-order chi connectivity index (χ0) is 19.4. The third kappa shape index (κ3) is 4.01. The molecule has 0 fully saturated rings. The van der Waals surface area contributed by atoms with Crippen LogP contribution in [0.2, 0.25) is 5.15 Å². The van der Waals surface area contributed by atoms with Crippen molar-refractivity contribution in [1.29, 1.82) is 0 Å². The first-order valence-corrected chi connectivity index (χ1v) is 8.65. The average molecular weight is 383 g/mol. The van der Waals surface area contributed by atoms with Gasteiger partial charge in [-0.3, -0.25) is 9.48 Å². The zero-order valence-corrected chi connectivity index (χ0v) is 16.0. The van der Waals surface area contributed by atoms with Crippen molar-refractivity contribution in [2.75, 3.05) is 12.4 Å². The monoisotopic (exact) mass is 382 g/mol. The summed E-state index contributed by atoms with van der Waals surface area (Å²) in [5, 5.41) is 11.2. The van der Waals surface area contributed by atoms with Crippen LogP contribution in [0.25, 0.3) is 11.1 Å². The van der Waals surface area contributed by atoms with Crippen molar-refractivity contribution in [3.05, 3.63) is 70.5 Å². The first kappa shape index (κ1) is 18.7. The van der Waals surface area contributed by atoms with E-state index in [1.54, 1.807) is 20.2 Å². The standard InChI is InChI=1S/C20H19ClN4O2/c1-13-18(19(21)25(2)24-13)20(26)23-17-7-5-4-6-16(17)15-10-8-14(9-11-15)12-22-27-3/h4-12H,1-3H3,(H,23,26)/b22-12-. The number of hydrogen-bond acceptors (Lipinski definition) is 4. The van der Waals surface area contributed by atoms with Crippen molar-refractivity contribution in [2.24, 2.45) is 12.2 Å². The SMILES string of the molecule is CO/N=C\c1ccc(-c2ccccc2NC(=O)c2c(C)nn(C)c2Cl)cc1. The van der Waals surface area contributed by atoms with E-state index >= 15 is 0 Å². The van der Waals surface area contributed by atoms with Gasteiger partial charge in [0.05, 0.1) is 17.5 Å². The van der Waals surface area contributed by atoms with Crippen LogP contribution in [-0.2, 0) is 11.9 Å². The van der Waals surface area contributed by atoms with E-state index in [9.17, 15) is 4.79 Å². The Bertz CT molecular complexity index is 994. The number of rotatable bonds is 5. The van der Waals surface area contributed by atoms with Crippen molar-refractivity contribution < 1.29 is 9.63 Å². The minimum Gasteiger partial charge on any atom is -0.399 e. The first-order valence-electron chi connectivity index (χ1n) is 8.27. The van der Waals surface area contributed by atoms with E-state index in [1.165, 1.54) is 11.8 Å². The van der Waals surface area contributed by atoms with Gasteiger partial charge in [0.15, 0.2) is 0 Å². The second kappa shape index (κ2) is 8.05. The Kier molecular flexibility index (Phi) is 5.57. The summed E-state index contributed by atoms with van der Waals surface area (Å²) in [6.07, 6.45) is 1.63. The van der Waals surface area contributed by atoms with Gasteiger partial charge in [0, 0.05) is 18.3 Å². The molecule has 0 saturated carbocycles. The maximum absolute atomic E-state index is 12.7. The molecule has 7 heteroatoms. The summed E-state index contributed by atoms with van der Waals surface area (Å²) in [5.74, 6) is -0.290. The molecule has 3 rings (SSSR count). The highest BCUT2D eigenvalue weighted by atomic mass is 35.5. The summed E-state index contributed by atoms with van der Waals surface area (Å²) in [6, 6.07) is 15.4. The maximum atomic E-state index is 12.7. The van der Waals surface area contributed by atoms with Gasteiger partial charge in [-0.2, -0.15) is 5.10 Å². The highest BCUT2D eigenvalue weighted by Gasteiger charge is 2.20. The molecule has 0 spiro atoms. The van der Waals surface area contributed by atoms with Gasteiger partial charge in [-0.05, 0) is 24.1 Å². The Labute approximate surface area is 162 Å². The number of aryl methyl sites for hydroxylation is 2. The van der Waals surface area contributed by atoms with Gasteiger partial charge in [0.2, 0.25) is 0 Å². The van der Waals surface area contributed by atoms with E-state index in [2.05, 4.69) is 15.6 Å². The normalized spacial score (nSPS) is 11.0. The molecule has 0 saturated heterocycles. The fourth-order valence-electron chi connectivity index (χ4n) is 2.78. The highest BCUT2D eigenvalue weighted by molar-refractivity contribution is 6.33. The number of aromatic nitrogens is 2. The number of oxime groups is 1. The number of benzene rings is 2. The molecule has 0 atom stereocenters. The van der Waals surface area contributed by atoms with Crippen LogP contribution >= 0.6 is 11.6 Å². The molecule has 1 N–H and O–H groups in total. The Hall–Kier alpha value is -3.12. The van der Waals surface area contributed by atoms with Crippen molar-refractivity contribution in [2.45, 2.75) is 6.92 Å². The third-order valence-corrected chi connectivity index (χ3v) is 4.52. The van der Waals surface area contributed by atoms with Crippen LogP contribution in [0, 0.1) is 6.92 Å². The first-order chi connectivity index (χ1) is 13.0. The lowest BCUT2D eigenvalue weighted by Gasteiger charge is -2.11. The van der Waals surface area contributed by atoms with Gasteiger partial charge >= 0.3 is 0 Å². The Morgan fingerprint density at radius 3 is 2.56 bits per heavy atom. The lowest BCUT2D eigenvalue weighted by Crippen LogP contribution is -2.13. The second-order valence-electron chi connectivity index (χ2n) is 5.91. The Morgan fingerprint density at radius 1 is 1.22 bits per heavy atom. The molecule has 3 aromatic rings. The summed E-state index contributed by atoms with van der Waals surface area (Å²) < 4.78 is 1.48. The Balaban J connectivity index is 1.90. The fourth-order valence-corrected chi connectivity index (χ4v) is 3.04. The molecule has 1 amide bonds. The number of para-hydroxylation sites is 1. The number of nitrogens with one attached hydrogen (secondary N) is 1. The second-order valence-corrected chi connectivity index (χ2v) is 6.27. The van der Waals surface area contributed by atoms with Crippen LogP contribution in [0.1, 0.15) is 21.6 Å². The van der Waals surface area contributed by atoms with E-state index in [4.69, 9.17) is 16.4 Å². The summed E-state index contributed by atoms with van der Waals surface area (Å²) in [5.41, 5.74) is 4.44. The molecule has 0 bridgehead atoms. The number of amides is 1. The van der Waals surface area contributed by atoms with Gasteiger partial charge in [0.1, 0.15) is 12.3 Å². The van der Waals surface area contributed by atoms with Gasteiger partial charge in [-0.1, -0.05) is 59.2 Å². The maximum Gasteiger partial charge on any atom is 0.260 e. The largest absolute Gasteiger partial charge is 0.399 e. The number of nitrogens with zero attached hydrogens (tertiary/aromatic N) is 3. The number of anilines is 1. The predicted octanol–water partition coefficient (Wildman–Crippen LogP) is 4.28. The van der Waals surface area contributed by atoms with E-state index in [0.29, 0.717) is 22.1 Å². The van der Waals surface area contributed by atoms with Crippen molar-refractivity contribution in [3.8, 4) is 11.1 Å². The summed E-state index contributed by atoms with van der Waals surface area (Å²) in [6.45, 7) is 1.76. The van der Waals surface area contributed by atoms with Gasteiger partial charge in [-0.15, -0.1) is 0 Å². The summed E-state index contributed by atoms with van der Waals surface area (Å²) in [4.78, 5) is 17.4. The quantitative estimate of drug-likeness (QED) is 0.529. The smallest absolute Gasteiger partial charge is 0.260 e. The van der Waals surface area contributed by atoms with Gasteiger partial charge < -0.3 is 10.2 Å². The van der Waals surface area contributed by atoms with Crippen molar-refractivity contribution in [3.63, 3.8) is 0 Å².